The predicted octanol–water partition coefficient (Wildman–Crippen LogP) is 3.47. The Balaban J connectivity index is 2.45. The highest BCUT2D eigenvalue weighted by molar-refractivity contribution is 6.09. The largest absolute Gasteiger partial charge is 0.398 e. The maximum Gasteiger partial charge on any atom is 0.260 e. The van der Waals surface area contributed by atoms with Crippen molar-refractivity contribution in [1.29, 1.82) is 0 Å². The van der Waals surface area contributed by atoms with Crippen molar-refractivity contribution in [2.45, 2.75) is 20.8 Å². The normalized spacial score (nSPS) is 10.4. The van der Waals surface area contributed by atoms with Crippen LogP contribution in [-0.2, 0) is 0 Å². The van der Waals surface area contributed by atoms with Crippen LogP contribution in [0.25, 0.3) is 0 Å². The van der Waals surface area contributed by atoms with Gasteiger partial charge in [0, 0.05) is 18.4 Å². The highest BCUT2D eigenvalue weighted by Crippen LogP contribution is 2.27. The Bertz CT molecular complexity index is 639. The number of amides is 1. The molecule has 2 rings (SSSR count). The maximum absolute atomic E-state index is 12.6. The summed E-state index contributed by atoms with van der Waals surface area (Å²) in [7, 11) is 1.79. The van der Waals surface area contributed by atoms with E-state index in [0.29, 0.717) is 11.3 Å². The molecule has 0 aliphatic heterocycles. The molecule has 0 saturated heterocycles. The molecule has 0 heterocycles. The lowest BCUT2D eigenvalue weighted by molar-refractivity contribution is 0.0993. The van der Waals surface area contributed by atoms with Gasteiger partial charge in [0.2, 0.25) is 0 Å². The van der Waals surface area contributed by atoms with Gasteiger partial charge in [-0.3, -0.25) is 4.79 Å². The van der Waals surface area contributed by atoms with Gasteiger partial charge in [-0.05, 0) is 44.0 Å². The summed E-state index contributed by atoms with van der Waals surface area (Å²) in [5, 5.41) is 0. The van der Waals surface area contributed by atoms with E-state index in [1.165, 1.54) is 5.56 Å². The second kappa shape index (κ2) is 5.37. The van der Waals surface area contributed by atoms with E-state index in [-0.39, 0.29) is 5.91 Å². The minimum Gasteiger partial charge on any atom is -0.398 e. The van der Waals surface area contributed by atoms with Crippen LogP contribution in [0.1, 0.15) is 27.0 Å². The highest BCUT2D eigenvalue weighted by atomic mass is 16.2. The molecule has 0 fully saturated rings. The molecule has 2 aromatic carbocycles. The second-order valence-corrected chi connectivity index (χ2v) is 5.20. The zero-order chi connectivity index (χ0) is 14.9. The standard InChI is InChI=1S/C17H20N2O/c1-11-9-12(2)16(13(3)10-11)19(4)17(20)14-7-5-6-8-15(14)18/h5-10H,18H2,1-4H3. The lowest BCUT2D eigenvalue weighted by atomic mass is 10.0. The lowest BCUT2D eigenvalue weighted by Crippen LogP contribution is -2.28. The van der Waals surface area contributed by atoms with Crippen LogP contribution in [0.2, 0.25) is 0 Å². The topological polar surface area (TPSA) is 46.3 Å². The molecule has 0 aromatic heterocycles. The molecular weight excluding hydrogens is 248 g/mol. The molecule has 20 heavy (non-hydrogen) atoms. The highest BCUT2D eigenvalue weighted by Gasteiger charge is 2.18. The van der Waals surface area contributed by atoms with Gasteiger partial charge in [-0.1, -0.05) is 29.8 Å². The van der Waals surface area contributed by atoms with E-state index in [2.05, 4.69) is 19.1 Å². The van der Waals surface area contributed by atoms with Crippen molar-refractivity contribution >= 4 is 17.3 Å². The SMILES string of the molecule is Cc1cc(C)c(N(C)C(=O)c2ccccc2N)c(C)c1. The number of nitrogen functional groups attached to an aromatic ring is 1. The summed E-state index contributed by atoms with van der Waals surface area (Å²) in [6, 6.07) is 11.3. The summed E-state index contributed by atoms with van der Waals surface area (Å²) in [4.78, 5) is 14.3. The van der Waals surface area contributed by atoms with Crippen LogP contribution in [0.3, 0.4) is 0 Å². The van der Waals surface area contributed by atoms with Gasteiger partial charge in [0.05, 0.1) is 5.56 Å². The van der Waals surface area contributed by atoms with Gasteiger partial charge < -0.3 is 10.6 Å². The molecule has 0 saturated carbocycles. The van der Waals surface area contributed by atoms with Crippen LogP contribution in [0.5, 0.6) is 0 Å². The Morgan fingerprint density at radius 2 is 1.60 bits per heavy atom. The number of carbonyl (C=O) groups excluding carboxylic acids is 1. The van der Waals surface area contributed by atoms with Crippen LogP contribution in [-0.4, -0.2) is 13.0 Å². The number of nitrogens with two attached hydrogens (primary N) is 1. The smallest absolute Gasteiger partial charge is 0.260 e. The number of nitrogens with zero attached hydrogens (tertiary/aromatic N) is 1. The van der Waals surface area contributed by atoms with E-state index in [4.69, 9.17) is 5.73 Å². The molecule has 0 atom stereocenters. The van der Waals surface area contributed by atoms with Crippen molar-refractivity contribution in [3.8, 4) is 0 Å². The van der Waals surface area contributed by atoms with Crippen LogP contribution in [0, 0.1) is 20.8 Å². The molecular formula is C17H20N2O. The molecule has 3 nitrogen and oxygen atoms in total. The fourth-order valence-electron chi connectivity index (χ4n) is 2.68. The molecule has 2 N–H and O–H groups in total. The molecule has 2 aromatic rings. The van der Waals surface area contributed by atoms with E-state index >= 15 is 0 Å². The molecule has 0 spiro atoms. The first-order valence-corrected chi connectivity index (χ1v) is 6.62. The van der Waals surface area contributed by atoms with Crippen molar-refractivity contribution < 1.29 is 4.79 Å². The zero-order valence-corrected chi connectivity index (χ0v) is 12.4. The van der Waals surface area contributed by atoms with Gasteiger partial charge in [-0.2, -0.15) is 0 Å². The number of benzene rings is 2. The maximum atomic E-state index is 12.6. The lowest BCUT2D eigenvalue weighted by Gasteiger charge is -2.23. The third-order valence-electron chi connectivity index (χ3n) is 3.47. The summed E-state index contributed by atoms with van der Waals surface area (Å²) >= 11 is 0. The first-order valence-electron chi connectivity index (χ1n) is 6.62. The van der Waals surface area contributed by atoms with Crippen molar-refractivity contribution in [1.82, 2.24) is 0 Å². The summed E-state index contributed by atoms with van der Waals surface area (Å²) in [5.41, 5.74) is 11.3. The monoisotopic (exact) mass is 268 g/mol. The third kappa shape index (κ3) is 2.52. The number of hydrogen-bond acceptors (Lipinski definition) is 2. The Hall–Kier alpha value is -2.29. The number of aryl methyl sites for hydroxylation is 3. The predicted molar refractivity (Wildman–Crippen MR) is 84.2 cm³/mol. The van der Waals surface area contributed by atoms with E-state index in [1.807, 2.05) is 26.0 Å². The summed E-state index contributed by atoms with van der Waals surface area (Å²) < 4.78 is 0. The number of rotatable bonds is 2. The van der Waals surface area contributed by atoms with E-state index in [9.17, 15) is 4.79 Å². The summed E-state index contributed by atoms with van der Waals surface area (Å²) in [6.45, 7) is 6.10. The van der Waals surface area contributed by atoms with E-state index in [1.54, 1.807) is 24.1 Å². The first kappa shape index (κ1) is 14.1. The second-order valence-electron chi connectivity index (χ2n) is 5.20. The van der Waals surface area contributed by atoms with Gasteiger partial charge in [0.1, 0.15) is 0 Å². The Morgan fingerprint density at radius 1 is 1.05 bits per heavy atom. The molecule has 0 aliphatic rings. The number of para-hydroxylation sites is 1. The molecule has 0 radical (unpaired) electrons. The molecule has 0 aliphatic carbocycles. The molecule has 104 valence electrons. The number of anilines is 2. The van der Waals surface area contributed by atoms with Crippen LogP contribution in [0.4, 0.5) is 11.4 Å². The van der Waals surface area contributed by atoms with Crippen LogP contribution >= 0.6 is 0 Å². The van der Waals surface area contributed by atoms with Crippen molar-refractivity contribution in [2.24, 2.45) is 0 Å². The Labute approximate surface area is 120 Å². The Kier molecular flexibility index (Phi) is 3.79. The first-order chi connectivity index (χ1) is 9.41. The fraction of sp³-hybridized carbons (Fsp3) is 0.235. The summed E-state index contributed by atoms with van der Waals surface area (Å²) in [5.74, 6) is -0.0850. The van der Waals surface area contributed by atoms with Crippen LogP contribution < -0.4 is 10.6 Å². The quantitative estimate of drug-likeness (QED) is 0.848. The zero-order valence-electron chi connectivity index (χ0n) is 12.4. The molecule has 3 heteroatoms. The van der Waals surface area contributed by atoms with E-state index < -0.39 is 0 Å². The van der Waals surface area contributed by atoms with Gasteiger partial charge in [0.25, 0.3) is 5.91 Å². The van der Waals surface area contributed by atoms with Crippen molar-refractivity contribution in [3.63, 3.8) is 0 Å². The van der Waals surface area contributed by atoms with Gasteiger partial charge in [-0.25, -0.2) is 0 Å². The van der Waals surface area contributed by atoms with Crippen molar-refractivity contribution in [2.75, 3.05) is 17.7 Å². The number of hydrogen-bond donors (Lipinski definition) is 1. The minimum atomic E-state index is -0.0850. The molecule has 0 unspecified atom stereocenters. The summed E-state index contributed by atoms with van der Waals surface area (Å²) in [6.07, 6.45) is 0. The molecule has 1 amide bonds. The van der Waals surface area contributed by atoms with Crippen molar-refractivity contribution in [3.05, 3.63) is 58.7 Å². The minimum absolute atomic E-state index is 0.0850. The fourth-order valence-corrected chi connectivity index (χ4v) is 2.68. The van der Waals surface area contributed by atoms with Gasteiger partial charge in [-0.15, -0.1) is 0 Å². The third-order valence-corrected chi connectivity index (χ3v) is 3.47. The Morgan fingerprint density at radius 3 is 2.15 bits per heavy atom. The van der Waals surface area contributed by atoms with Gasteiger partial charge >= 0.3 is 0 Å². The molecule has 0 bridgehead atoms. The number of carbonyl (C=O) groups is 1. The van der Waals surface area contributed by atoms with Gasteiger partial charge in [0.15, 0.2) is 0 Å². The van der Waals surface area contributed by atoms with E-state index in [0.717, 1.165) is 16.8 Å². The average molecular weight is 268 g/mol. The van der Waals surface area contributed by atoms with Crippen LogP contribution in [0.15, 0.2) is 36.4 Å². The average Bonchev–Trinajstić information content (AvgIpc) is 2.37.